The van der Waals surface area contributed by atoms with E-state index in [9.17, 15) is 19.2 Å². The van der Waals surface area contributed by atoms with E-state index in [2.05, 4.69) is 20.9 Å². The Hall–Kier alpha value is -4.71. The average molecular weight is 588 g/mol. The van der Waals surface area contributed by atoms with Crippen LogP contribution >= 0.6 is 11.8 Å². The van der Waals surface area contributed by atoms with Crippen molar-refractivity contribution in [3.8, 4) is 0 Å². The van der Waals surface area contributed by atoms with Crippen molar-refractivity contribution in [3.63, 3.8) is 0 Å². The number of nitrogens with two attached hydrogens (primary N) is 1. The van der Waals surface area contributed by atoms with Gasteiger partial charge in [-0.15, -0.1) is 11.8 Å². The van der Waals surface area contributed by atoms with Crippen LogP contribution < -0.4 is 21.7 Å². The molecule has 3 unspecified atom stereocenters. The number of rotatable bonds is 9. The van der Waals surface area contributed by atoms with Crippen LogP contribution in [0.3, 0.4) is 0 Å². The second-order valence-electron chi connectivity index (χ2n) is 10.2. The molecule has 3 atom stereocenters. The van der Waals surface area contributed by atoms with Gasteiger partial charge in [0, 0.05) is 53.9 Å². The van der Waals surface area contributed by atoms with E-state index in [1.165, 1.54) is 4.90 Å². The van der Waals surface area contributed by atoms with Crippen molar-refractivity contribution in [2.75, 3.05) is 18.1 Å². The zero-order valence-corrected chi connectivity index (χ0v) is 24.1. The molecule has 218 valence electrons. The van der Waals surface area contributed by atoms with Crippen LogP contribution in [-0.2, 0) is 23.1 Å². The Labute approximate surface area is 247 Å². The average Bonchev–Trinajstić information content (AvgIpc) is 3.71. The molecule has 1 fully saturated rings. The number of nitrogens with zero attached hydrogens (tertiary/aromatic N) is 2. The molecule has 1 aliphatic heterocycles. The first-order chi connectivity index (χ1) is 20.2. The normalized spacial score (nSPS) is 17.1. The highest BCUT2D eigenvalue weighted by atomic mass is 32.2. The van der Waals surface area contributed by atoms with Crippen molar-refractivity contribution in [1.82, 2.24) is 25.1 Å². The van der Waals surface area contributed by atoms with E-state index in [4.69, 9.17) is 5.73 Å². The first kappa shape index (κ1) is 28.8. The Bertz CT molecular complexity index is 1630. The van der Waals surface area contributed by atoms with Gasteiger partial charge >= 0.3 is 6.03 Å². The molecule has 0 spiro atoms. The first-order valence-electron chi connectivity index (χ1n) is 13.5. The lowest BCUT2D eigenvalue weighted by atomic mass is 10.0. The molecule has 0 saturated carbocycles. The zero-order chi connectivity index (χ0) is 29.8. The number of benzene rings is 2. The molecule has 0 radical (unpaired) electrons. The minimum Gasteiger partial charge on any atom is -0.368 e. The van der Waals surface area contributed by atoms with Crippen molar-refractivity contribution in [2.24, 2.45) is 12.8 Å². The highest BCUT2D eigenvalue weighted by Crippen LogP contribution is 2.24. The third-order valence-electron chi connectivity index (χ3n) is 7.49. The summed E-state index contributed by atoms with van der Waals surface area (Å²) < 4.78 is 1.67. The molecular weight excluding hydrogens is 554 g/mol. The molecule has 5 amide bonds. The molecule has 5 rings (SSSR count). The molecule has 0 aliphatic carbocycles. The number of aromatic nitrogens is 2. The van der Waals surface area contributed by atoms with Gasteiger partial charge in [-0.05, 0) is 54.6 Å². The van der Waals surface area contributed by atoms with Crippen LogP contribution in [0.25, 0.3) is 10.9 Å². The summed E-state index contributed by atoms with van der Waals surface area (Å²) in [6.45, 7) is 0.235. The smallest absolute Gasteiger partial charge is 0.319 e. The summed E-state index contributed by atoms with van der Waals surface area (Å²) in [5.41, 5.74) is 8.45. The van der Waals surface area contributed by atoms with Crippen LogP contribution in [0.2, 0.25) is 0 Å². The van der Waals surface area contributed by atoms with E-state index in [0.29, 0.717) is 17.8 Å². The van der Waals surface area contributed by atoms with Crippen LogP contribution in [0.1, 0.15) is 22.5 Å². The molecule has 0 bridgehead atoms. The number of anilines is 1. The number of thioether (sulfide) groups is 1. The zero-order valence-electron chi connectivity index (χ0n) is 23.3. The Balaban J connectivity index is 1.37. The molecule has 2 aromatic heterocycles. The van der Waals surface area contributed by atoms with Crippen molar-refractivity contribution < 1.29 is 19.2 Å². The third kappa shape index (κ3) is 6.13. The summed E-state index contributed by atoms with van der Waals surface area (Å²) in [6, 6.07) is 15.1. The topological polar surface area (TPSA) is 154 Å². The van der Waals surface area contributed by atoms with E-state index >= 15 is 0 Å². The van der Waals surface area contributed by atoms with Gasteiger partial charge in [-0.2, -0.15) is 0 Å². The lowest BCUT2D eigenvalue weighted by molar-refractivity contribution is -0.130. The molecule has 2 aromatic carbocycles. The number of aromatic amines is 1. The molecule has 11 nitrogen and oxygen atoms in total. The lowest BCUT2D eigenvalue weighted by Gasteiger charge is -2.29. The second-order valence-corrected chi connectivity index (χ2v) is 11.1. The minimum absolute atomic E-state index is 0.161. The van der Waals surface area contributed by atoms with Crippen LogP contribution in [0.4, 0.5) is 10.5 Å². The molecule has 3 heterocycles. The van der Waals surface area contributed by atoms with Crippen LogP contribution in [0.5, 0.6) is 0 Å². The van der Waals surface area contributed by atoms with Gasteiger partial charge in [0.1, 0.15) is 17.8 Å². The fraction of sp³-hybridized carbons (Fsp3) is 0.267. The predicted octanol–water partition coefficient (Wildman–Crippen LogP) is 2.85. The molecule has 6 N–H and O–H groups in total. The summed E-state index contributed by atoms with van der Waals surface area (Å²) in [6.07, 6.45) is 5.98. The molecule has 1 saturated heterocycles. The third-order valence-corrected chi connectivity index (χ3v) is 8.22. The number of urea groups is 1. The number of hydrogen-bond acceptors (Lipinski definition) is 5. The van der Waals surface area contributed by atoms with Crippen molar-refractivity contribution in [1.29, 1.82) is 0 Å². The van der Waals surface area contributed by atoms with Gasteiger partial charge in [-0.25, -0.2) is 4.79 Å². The monoisotopic (exact) mass is 587 g/mol. The largest absolute Gasteiger partial charge is 0.368 e. The Morgan fingerprint density at radius 2 is 1.90 bits per heavy atom. The highest BCUT2D eigenvalue weighted by molar-refractivity contribution is 7.98. The van der Waals surface area contributed by atoms with Crippen molar-refractivity contribution in [3.05, 3.63) is 84.3 Å². The Morgan fingerprint density at radius 3 is 2.64 bits per heavy atom. The highest BCUT2D eigenvalue weighted by Gasteiger charge is 2.44. The SMILES string of the molecule is CSc1cccc(NC(=O)NC2CCN(C(=O)c3cccn3C)C2C(=O)NC(Cc2c[nH]c3ccccc23)C(N)=O)c1. The van der Waals surface area contributed by atoms with E-state index in [0.717, 1.165) is 21.4 Å². The Kier molecular flexibility index (Phi) is 8.53. The summed E-state index contributed by atoms with van der Waals surface area (Å²) in [4.78, 5) is 58.5. The number of fused-ring (bicyclic) bond motifs is 1. The number of carbonyl (C=O) groups is 4. The maximum absolute atomic E-state index is 13.9. The van der Waals surface area contributed by atoms with Crippen LogP contribution in [-0.4, -0.2) is 69.1 Å². The lowest BCUT2D eigenvalue weighted by Crippen LogP contribution is -2.58. The number of nitrogens with one attached hydrogen (secondary N) is 4. The van der Waals surface area contributed by atoms with E-state index in [1.54, 1.807) is 54.0 Å². The summed E-state index contributed by atoms with van der Waals surface area (Å²) >= 11 is 1.55. The number of hydrogen-bond donors (Lipinski definition) is 5. The molecule has 1 aliphatic rings. The minimum atomic E-state index is -1.07. The van der Waals surface area contributed by atoms with Crippen molar-refractivity contribution in [2.45, 2.75) is 35.9 Å². The Morgan fingerprint density at radius 1 is 1.10 bits per heavy atom. The number of amides is 5. The second kappa shape index (κ2) is 12.4. The number of likely N-dealkylation sites (tertiary alicyclic amines) is 1. The summed E-state index contributed by atoms with van der Waals surface area (Å²) in [5.74, 6) is -1.64. The fourth-order valence-electron chi connectivity index (χ4n) is 5.36. The van der Waals surface area contributed by atoms with Crippen LogP contribution in [0, 0.1) is 0 Å². The van der Waals surface area contributed by atoms with Gasteiger partial charge < -0.3 is 36.1 Å². The van der Waals surface area contributed by atoms with E-state index < -0.39 is 36.0 Å². The maximum atomic E-state index is 13.9. The predicted molar refractivity (Wildman–Crippen MR) is 162 cm³/mol. The van der Waals surface area contributed by atoms with Gasteiger partial charge in [0.05, 0.1) is 6.04 Å². The van der Waals surface area contributed by atoms with Gasteiger partial charge in [-0.3, -0.25) is 14.4 Å². The van der Waals surface area contributed by atoms with E-state index in [-0.39, 0.29) is 18.9 Å². The fourth-order valence-corrected chi connectivity index (χ4v) is 5.82. The molecule has 12 heteroatoms. The van der Waals surface area contributed by atoms with Crippen LogP contribution in [0.15, 0.2) is 78.0 Å². The molecule has 42 heavy (non-hydrogen) atoms. The maximum Gasteiger partial charge on any atom is 0.319 e. The van der Waals surface area contributed by atoms with Gasteiger partial charge in [-0.1, -0.05) is 24.3 Å². The summed E-state index contributed by atoms with van der Waals surface area (Å²) in [7, 11) is 1.74. The van der Waals surface area contributed by atoms with Gasteiger partial charge in [0.15, 0.2) is 0 Å². The first-order valence-corrected chi connectivity index (χ1v) is 14.8. The summed E-state index contributed by atoms with van der Waals surface area (Å²) in [5, 5.41) is 9.37. The standard InChI is InChI=1S/C30H33N7O4S/c1-36-13-6-11-25(36)29(40)37-14-12-23(35-30(41)33-19-7-5-8-20(16-19)42-2)26(37)28(39)34-24(27(31)38)15-18-17-32-22-10-4-3-9-21(18)22/h3-11,13,16-17,23-24,26,32H,12,14-15H2,1-2H3,(H2,31,38)(H,34,39)(H2,33,35,41). The number of carbonyl (C=O) groups excluding carboxylic acids is 4. The molecule has 4 aromatic rings. The number of primary amides is 1. The van der Waals surface area contributed by atoms with Crippen molar-refractivity contribution >= 4 is 52.1 Å². The molecular formula is C30H33N7O4S. The number of para-hydroxylation sites is 1. The number of aryl methyl sites for hydroxylation is 1. The quantitative estimate of drug-likeness (QED) is 0.191. The van der Waals surface area contributed by atoms with E-state index in [1.807, 2.05) is 48.7 Å². The van der Waals surface area contributed by atoms with Gasteiger partial charge in [0.2, 0.25) is 11.8 Å². The van der Waals surface area contributed by atoms with Gasteiger partial charge in [0.25, 0.3) is 5.91 Å². The number of H-pyrrole nitrogens is 1.